The molecule has 0 heterocycles. The van der Waals surface area contributed by atoms with Crippen LogP contribution in [0.4, 0.5) is 13.2 Å². The van der Waals surface area contributed by atoms with Crippen molar-refractivity contribution >= 4 is 0 Å². The first-order valence-corrected chi connectivity index (χ1v) is 8.29. The van der Waals surface area contributed by atoms with Gasteiger partial charge in [0.15, 0.2) is 0 Å². The van der Waals surface area contributed by atoms with Crippen molar-refractivity contribution in [2.24, 2.45) is 11.8 Å². The number of hydrogen-bond acceptors (Lipinski definition) is 2. The van der Waals surface area contributed by atoms with E-state index < -0.39 is 12.8 Å². The van der Waals surface area contributed by atoms with Gasteiger partial charge >= 0.3 is 6.18 Å². The van der Waals surface area contributed by atoms with E-state index >= 15 is 0 Å². The van der Waals surface area contributed by atoms with E-state index in [1.54, 1.807) is 0 Å². The SMILES string of the molecule is CC1CCCC(C)C1NC1CCCC(OCC(F)(F)F)C1. The van der Waals surface area contributed by atoms with Crippen molar-refractivity contribution < 1.29 is 17.9 Å². The van der Waals surface area contributed by atoms with Gasteiger partial charge in [0.2, 0.25) is 0 Å². The molecule has 2 rings (SSSR count). The van der Waals surface area contributed by atoms with Crippen LogP contribution in [0.1, 0.15) is 58.8 Å². The van der Waals surface area contributed by atoms with E-state index in [0.29, 0.717) is 30.3 Å². The van der Waals surface area contributed by atoms with Crippen molar-refractivity contribution in [3.05, 3.63) is 0 Å². The average molecular weight is 307 g/mol. The molecule has 2 fully saturated rings. The predicted octanol–water partition coefficient (Wildman–Crippen LogP) is 4.29. The Hall–Kier alpha value is -0.290. The minimum absolute atomic E-state index is 0.243. The fraction of sp³-hybridized carbons (Fsp3) is 1.00. The minimum atomic E-state index is -4.22. The lowest BCUT2D eigenvalue weighted by molar-refractivity contribution is -0.188. The topological polar surface area (TPSA) is 21.3 Å². The fourth-order valence-corrected chi connectivity index (χ4v) is 3.94. The summed E-state index contributed by atoms with van der Waals surface area (Å²) >= 11 is 0. The van der Waals surface area contributed by atoms with Gasteiger partial charge in [0.05, 0.1) is 6.10 Å². The maximum Gasteiger partial charge on any atom is 0.411 e. The Kier molecular flexibility index (Phi) is 5.95. The predicted molar refractivity (Wildman–Crippen MR) is 77.2 cm³/mol. The maximum atomic E-state index is 12.2. The monoisotopic (exact) mass is 307 g/mol. The van der Waals surface area contributed by atoms with Crippen LogP contribution in [0.2, 0.25) is 0 Å². The van der Waals surface area contributed by atoms with E-state index in [0.717, 1.165) is 19.3 Å². The Morgan fingerprint density at radius 3 is 2.24 bits per heavy atom. The van der Waals surface area contributed by atoms with Gasteiger partial charge in [-0.2, -0.15) is 13.2 Å². The molecule has 0 saturated heterocycles. The molecule has 2 saturated carbocycles. The first kappa shape index (κ1) is 17.1. The van der Waals surface area contributed by atoms with Crippen molar-refractivity contribution in [1.82, 2.24) is 5.32 Å². The van der Waals surface area contributed by atoms with Gasteiger partial charge < -0.3 is 10.1 Å². The highest BCUT2D eigenvalue weighted by Crippen LogP contribution is 2.31. The normalized spacial score (nSPS) is 38.4. The highest BCUT2D eigenvalue weighted by molar-refractivity contribution is 4.88. The van der Waals surface area contributed by atoms with E-state index in [1.807, 2.05) is 0 Å². The summed E-state index contributed by atoms with van der Waals surface area (Å²) in [4.78, 5) is 0. The summed E-state index contributed by atoms with van der Waals surface area (Å²) in [6.07, 6.45) is 2.82. The fourth-order valence-electron chi connectivity index (χ4n) is 3.94. The van der Waals surface area contributed by atoms with Crippen LogP contribution in [0.25, 0.3) is 0 Å². The summed E-state index contributed by atoms with van der Waals surface area (Å²) in [7, 11) is 0. The summed E-state index contributed by atoms with van der Waals surface area (Å²) in [6.45, 7) is 3.46. The van der Waals surface area contributed by atoms with Gasteiger partial charge in [0.25, 0.3) is 0 Å². The Bertz CT molecular complexity index is 311. The summed E-state index contributed by atoms with van der Waals surface area (Å²) in [5.74, 6) is 1.32. The summed E-state index contributed by atoms with van der Waals surface area (Å²) in [5, 5.41) is 3.72. The zero-order valence-electron chi connectivity index (χ0n) is 13.1. The lowest BCUT2D eigenvalue weighted by atomic mass is 9.77. The van der Waals surface area contributed by atoms with Gasteiger partial charge in [-0.1, -0.05) is 20.3 Å². The van der Waals surface area contributed by atoms with Gasteiger partial charge in [-0.25, -0.2) is 0 Å². The Morgan fingerprint density at radius 2 is 1.62 bits per heavy atom. The second-order valence-corrected chi connectivity index (χ2v) is 6.99. The molecule has 1 N–H and O–H groups in total. The van der Waals surface area contributed by atoms with Gasteiger partial charge in [0, 0.05) is 12.1 Å². The molecule has 2 nitrogen and oxygen atoms in total. The highest BCUT2D eigenvalue weighted by atomic mass is 19.4. The van der Waals surface area contributed by atoms with Gasteiger partial charge in [-0.05, 0) is 50.4 Å². The standard InChI is InChI=1S/C16H28F3NO/c1-11-5-3-6-12(2)15(11)20-13-7-4-8-14(9-13)21-10-16(17,18)19/h11-15,20H,3-10H2,1-2H3. The van der Waals surface area contributed by atoms with Gasteiger partial charge in [0.1, 0.15) is 6.61 Å². The van der Waals surface area contributed by atoms with Gasteiger partial charge in [-0.3, -0.25) is 0 Å². The van der Waals surface area contributed by atoms with Crippen LogP contribution in [0.15, 0.2) is 0 Å². The number of alkyl halides is 3. The number of rotatable bonds is 4. The van der Waals surface area contributed by atoms with Crippen LogP contribution in [-0.4, -0.2) is 31.0 Å². The quantitative estimate of drug-likeness (QED) is 0.836. The summed E-state index contributed by atoms with van der Waals surface area (Å²) in [6, 6.07) is 0.815. The van der Waals surface area contributed by atoms with Crippen molar-refractivity contribution in [2.75, 3.05) is 6.61 Å². The molecule has 0 spiro atoms. The molecule has 0 radical (unpaired) electrons. The molecule has 2 aliphatic rings. The number of hydrogen-bond donors (Lipinski definition) is 1. The third-order valence-electron chi connectivity index (χ3n) is 5.08. The molecule has 2 aliphatic carbocycles. The molecule has 0 aromatic heterocycles. The minimum Gasteiger partial charge on any atom is -0.369 e. The van der Waals surface area contributed by atoms with E-state index in [1.165, 1.54) is 19.3 Å². The molecular weight excluding hydrogens is 279 g/mol. The first-order chi connectivity index (χ1) is 9.85. The Morgan fingerprint density at radius 1 is 1.00 bits per heavy atom. The van der Waals surface area contributed by atoms with E-state index in [9.17, 15) is 13.2 Å². The highest BCUT2D eigenvalue weighted by Gasteiger charge is 2.33. The third kappa shape index (κ3) is 5.44. The molecule has 0 amide bonds. The summed E-state index contributed by atoms with van der Waals surface area (Å²) < 4.78 is 41.8. The first-order valence-electron chi connectivity index (χ1n) is 8.29. The maximum absolute atomic E-state index is 12.2. The van der Waals surface area contributed by atoms with Crippen LogP contribution in [-0.2, 0) is 4.74 Å². The molecule has 0 aromatic rings. The third-order valence-corrected chi connectivity index (χ3v) is 5.08. The lowest BCUT2D eigenvalue weighted by Crippen LogP contribution is -2.50. The number of ether oxygens (including phenoxy) is 1. The Labute approximate surface area is 125 Å². The van der Waals surface area contributed by atoms with Crippen molar-refractivity contribution in [3.63, 3.8) is 0 Å². The molecule has 0 aliphatic heterocycles. The molecular formula is C16H28F3NO. The largest absolute Gasteiger partial charge is 0.411 e. The second kappa shape index (κ2) is 7.32. The molecule has 5 heteroatoms. The van der Waals surface area contributed by atoms with E-state index in [-0.39, 0.29) is 6.10 Å². The molecule has 4 unspecified atom stereocenters. The zero-order valence-corrected chi connectivity index (χ0v) is 13.1. The average Bonchev–Trinajstić information content (AvgIpc) is 2.41. The van der Waals surface area contributed by atoms with Gasteiger partial charge in [-0.15, -0.1) is 0 Å². The van der Waals surface area contributed by atoms with E-state index in [4.69, 9.17) is 4.74 Å². The summed E-state index contributed by atoms with van der Waals surface area (Å²) in [5.41, 5.74) is 0. The van der Waals surface area contributed by atoms with Crippen molar-refractivity contribution in [1.29, 1.82) is 0 Å². The smallest absolute Gasteiger partial charge is 0.369 e. The Balaban J connectivity index is 1.80. The van der Waals surface area contributed by atoms with Crippen molar-refractivity contribution in [2.45, 2.75) is 83.2 Å². The number of halogens is 3. The van der Waals surface area contributed by atoms with Crippen LogP contribution >= 0.6 is 0 Å². The zero-order chi connectivity index (χ0) is 15.5. The second-order valence-electron chi connectivity index (χ2n) is 6.99. The molecule has 4 atom stereocenters. The van der Waals surface area contributed by atoms with Crippen LogP contribution < -0.4 is 5.32 Å². The number of nitrogens with one attached hydrogen (secondary N) is 1. The molecule has 0 aromatic carbocycles. The van der Waals surface area contributed by atoms with Crippen LogP contribution in [0.5, 0.6) is 0 Å². The van der Waals surface area contributed by atoms with Crippen molar-refractivity contribution in [3.8, 4) is 0 Å². The van der Waals surface area contributed by atoms with Crippen LogP contribution in [0.3, 0.4) is 0 Å². The molecule has 124 valence electrons. The van der Waals surface area contributed by atoms with E-state index in [2.05, 4.69) is 19.2 Å². The molecule has 0 bridgehead atoms. The van der Waals surface area contributed by atoms with Crippen LogP contribution in [0, 0.1) is 11.8 Å². The lowest BCUT2D eigenvalue weighted by Gasteiger charge is -2.40. The molecule has 21 heavy (non-hydrogen) atoms.